The molecule has 0 bridgehead atoms. The molecule has 0 saturated carbocycles. The zero-order valence-corrected chi connectivity index (χ0v) is 17.8. The zero-order valence-electron chi connectivity index (χ0n) is 17.0. The molecule has 0 unspecified atom stereocenters. The van der Waals surface area contributed by atoms with Crippen LogP contribution in [0.1, 0.15) is 25.0 Å². The number of aromatic nitrogens is 1. The summed E-state index contributed by atoms with van der Waals surface area (Å²) in [5.74, 6) is -0.556. The second kappa shape index (κ2) is 8.46. The van der Waals surface area contributed by atoms with E-state index in [0.717, 1.165) is 10.6 Å². The third-order valence-corrected chi connectivity index (χ3v) is 7.25. The molecule has 2 heterocycles. The molecule has 3 rings (SSSR count). The average molecular weight is 457 g/mol. The molecule has 0 radical (unpaired) electrons. The van der Waals surface area contributed by atoms with Gasteiger partial charge in [0.1, 0.15) is 6.54 Å². The van der Waals surface area contributed by atoms with E-state index >= 15 is 0 Å². The van der Waals surface area contributed by atoms with Crippen LogP contribution in [0.2, 0.25) is 0 Å². The lowest BCUT2D eigenvalue weighted by Gasteiger charge is -2.20. The number of amides is 1. The summed E-state index contributed by atoms with van der Waals surface area (Å²) in [6.45, 7) is 3.83. The minimum atomic E-state index is -4.63. The number of anilines is 1. The molecule has 0 atom stereocenters. The highest BCUT2D eigenvalue weighted by molar-refractivity contribution is 7.89. The number of alkyl halides is 3. The molecule has 1 aromatic carbocycles. The maximum atomic E-state index is 12.9. The number of carbonyl (C=O) groups excluding carboxylic acids is 1. The SMILES string of the molecule is CCN(CC)S(=O)(=O)c1ccc2c(c1)CCN2C(=O)Cn1cc(C(F)(F)F)ccc1=O. The Morgan fingerprint density at radius 2 is 1.81 bits per heavy atom. The Morgan fingerprint density at radius 3 is 2.42 bits per heavy atom. The number of sulfonamides is 1. The van der Waals surface area contributed by atoms with Gasteiger partial charge in [-0.25, -0.2) is 8.42 Å². The highest BCUT2D eigenvalue weighted by Gasteiger charge is 2.32. The molecular formula is C20H22F3N3O4S. The smallest absolute Gasteiger partial charge is 0.310 e. The van der Waals surface area contributed by atoms with Crippen LogP contribution in [-0.2, 0) is 34.0 Å². The first-order chi connectivity index (χ1) is 14.5. The number of nitrogens with zero attached hydrogens (tertiary/aromatic N) is 3. The van der Waals surface area contributed by atoms with E-state index in [0.29, 0.717) is 43.0 Å². The zero-order chi connectivity index (χ0) is 23.0. The van der Waals surface area contributed by atoms with Crippen molar-refractivity contribution in [3.05, 3.63) is 58.0 Å². The van der Waals surface area contributed by atoms with Crippen molar-refractivity contribution in [1.29, 1.82) is 0 Å². The quantitative estimate of drug-likeness (QED) is 0.668. The number of hydrogen-bond acceptors (Lipinski definition) is 4. The molecular weight excluding hydrogens is 435 g/mol. The van der Waals surface area contributed by atoms with E-state index in [9.17, 15) is 31.2 Å². The third-order valence-electron chi connectivity index (χ3n) is 5.21. The molecule has 1 amide bonds. The summed E-state index contributed by atoms with van der Waals surface area (Å²) in [5.41, 5.74) is -0.601. The molecule has 31 heavy (non-hydrogen) atoms. The number of rotatable bonds is 6. The van der Waals surface area contributed by atoms with Crippen molar-refractivity contribution < 1.29 is 26.4 Å². The van der Waals surface area contributed by atoms with Gasteiger partial charge in [-0.1, -0.05) is 13.8 Å². The Kier molecular flexibility index (Phi) is 6.28. The Morgan fingerprint density at radius 1 is 1.13 bits per heavy atom. The topological polar surface area (TPSA) is 79.7 Å². The van der Waals surface area contributed by atoms with Gasteiger partial charge < -0.3 is 9.47 Å². The minimum Gasteiger partial charge on any atom is -0.310 e. The molecule has 0 fully saturated rings. The molecule has 2 aromatic rings. The van der Waals surface area contributed by atoms with Crippen molar-refractivity contribution in [3.63, 3.8) is 0 Å². The van der Waals surface area contributed by atoms with E-state index in [1.165, 1.54) is 27.4 Å². The van der Waals surface area contributed by atoms with Crippen molar-refractivity contribution >= 4 is 21.6 Å². The molecule has 0 saturated heterocycles. The molecule has 0 aliphatic carbocycles. The summed E-state index contributed by atoms with van der Waals surface area (Å²) in [6, 6.07) is 5.90. The summed E-state index contributed by atoms with van der Waals surface area (Å²) in [6.07, 6.45) is -3.61. The molecule has 1 aliphatic rings. The number of carbonyl (C=O) groups is 1. The number of halogens is 3. The van der Waals surface area contributed by atoms with Gasteiger partial charge in [-0.05, 0) is 36.2 Å². The second-order valence-electron chi connectivity index (χ2n) is 7.06. The highest BCUT2D eigenvalue weighted by atomic mass is 32.2. The van der Waals surface area contributed by atoms with Crippen LogP contribution >= 0.6 is 0 Å². The first-order valence-electron chi connectivity index (χ1n) is 9.70. The van der Waals surface area contributed by atoms with Crippen LogP contribution in [0.25, 0.3) is 0 Å². The lowest BCUT2D eigenvalue weighted by atomic mass is 10.2. The summed E-state index contributed by atoms with van der Waals surface area (Å²) >= 11 is 0. The predicted octanol–water partition coefficient (Wildman–Crippen LogP) is 2.49. The van der Waals surface area contributed by atoms with Crippen LogP contribution in [0, 0.1) is 0 Å². The Hall–Kier alpha value is -2.66. The first kappa shape index (κ1) is 23.0. The van der Waals surface area contributed by atoms with Gasteiger partial charge in [0.2, 0.25) is 15.9 Å². The Bertz CT molecular complexity index is 1150. The van der Waals surface area contributed by atoms with Crippen LogP contribution in [0.15, 0.2) is 46.2 Å². The number of benzene rings is 1. The van der Waals surface area contributed by atoms with Gasteiger partial charge in [-0.15, -0.1) is 0 Å². The maximum absolute atomic E-state index is 12.9. The van der Waals surface area contributed by atoms with E-state index in [4.69, 9.17) is 0 Å². The van der Waals surface area contributed by atoms with Gasteiger partial charge in [0.05, 0.1) is 10.5 Å². The van der Waals surface area contributed by atoms with Crippen molar-refractivity contribution in [3.8, 4) is 0 Å². The Balaban J connectivity index is 1.86. The van der Waals surface area contributed by atoms with Gasteiger partial charge in [0.15, 0.2) is 0 Å². The van der Waals surface area contributed by atoms with Crippen molar-refractivity contribution in [2.45, 2.75) is 37.9 Å². The van der Waals surface area contributed by atoms with Crippen LogP contribution < -0.4 is 10.5 Å². The highest BCUT2D eigenvalue weighted by Crippen LogP contribution is 2.32. The van der Waals surface area contributed by atoms with E-state index in [2.05, 4.69) is 0 Å². The largest absolute Gasteiger partial charge is 0.417 e. The van der Waals surface area contributed by atoms with Crippen LogP contribution in [-0.4, -0.2) is 42.8 Å². The maximum Gasteiger partial charge on any atom is 0.417 e. The second-order valence-corrected chi connectivity index (χ2v) is 8.99. The van der Waals surface area contributed by atoms with Gasteiger partial charge >= 0.3 is 6.18 Å². The number of fused-ring (bicyclic) bond motifs is 1. The van der Waals surface area contributed by atoms with Gasteiger partial charge in [-0.2, -0.15) is 17.5 Å². The lowest BCUT2D eigenvalue weighted by Crippen LogP contribution is -2.35. The van der Waals surface area contributed by atoms with E-state index in [-0.39, 0.29) is 11.4 Å². The molecule has 0 N–H and O–H groups in total. The van der Waals surface area contributed by atoms with E-state index in [1.54, 1.807) is 13.8 Å². The molecule has 1 aliphatic heterocycles. The molecule has 168 valence electrons. The molecule has 7 nitrogen and oxygen atoms in total. The normalized spacial score (nSPS) is 14.2. The van der Waals surface area contributed by atoms with Crippen LogP contribution in [0.3, 0.4) is 0 Å². The average Bonchev–Trinajstić information content (AvgIpc) is 3.13. The van der Waals surface area contributed by atoms with Gasteiger partial charge in [0.25, 0.3) is 5.56 Å². The summed E-state index contributed by atoms with van der Waals surface area (Å²) in [7, 11) is -3.66. The van der Waals surface area contributed by atoms with Gasteiger partial charge in [0, 0.05) is 37.6 Å². The van der Waals surface area contributed by atoms with Gasteiger partial charge in [-0.3, -0.25) is 9.59 Å². The van der Waals surface area contributed by atoms with Crippen LogP contribution in [0.5, 0.6) is 0 Å². The number of pyridine rings is 1. The lowest BCUT2D eigenvalue weighted by molar-refractivity contribution is -0.138. The predicted molar refractivity (Wildman–Crippen MR) is 108 cm³/mol. The number of hydrogen-bond donors (Lipinski definition) is 0. The van der Waals surface area contributed by atoms with E-state index in [1.807, 2.05) is 0 Å². The van der Waals surface area contributed by atoms with Crippen molar-refractivity contribution in [1.82, 2.24) is 8.87 Å². The fourth-order valence-electron chi connectivity index (χ4n) is 3.56. The fourth-order valence-corrected chi connectivity index (χ4v) is 5.07. The summed E-state index contributed by atoms with van der Waals surface area (Å²) in [4.78, 5) is 26.1. The summed E-state index contributed by atoms with van der Waals surface area (Å²) < 4.78 is 66.2. The summed E-state index contributed by atoms with van der Waals surface area (Å²) in [5, 5.41) is 0. The fraction of sp³-hybridized carbons (Fsp3) is 0.400. The molecule has 0 spiro atoms. The Labute approximate surface area is 177 Å². The van der Waals surface area contributed by atoms with E-state index < -0.39 is 39.8 Å². The van der Waals surface area contributed by atoms with Crippen molar-refractivity contribution in [2.75, 3.05) is 24.5 Å². The van der Waals surface area contributed by atoms with Crippen LogP contribution in [0.4, 0.5) is 18.9 Å². The molecule has 1 aromatic heterocycles. The minimum absolute atomic E-state index is 0.123. The van der Waals surface area contributed by atoms with Crippen molar-refractivity contribution in [2.24, 2.45) is 0 Å². The first-order valence-corrected chi connectivity index (χ1v) is 11.1. The third kappa shape index (κ3) is 4.52. The monoisotopic (exact) mass is 457 g/mol. The molecule has 11 heteroatoms. The standard InChI is InChI=1S/C20H22F3N3O4S/c1-3-25(4-2)31(29,30)16-6-7-17-14(11-16)9-10-26(17)19(28)13-24-12-15(20(21,22)23)5-8-18(24)27/h5-8,11-12H,3-4,9-10,13H2,1-2H3.